The van der Waals surface area contributed by atoms with Gasteiger partial charge in [0.1, 0.15) is 11.6 Å². The first-order valence-corrected chi connectivity index (χ1v) is 7.02. The number of rotatable bonds is 7. The van der Waals surface area contributed by atoms with E-state index in [-0.39, 0.29) is 0 Å². The molecule has 5 nitrogen and oxygen atoms in total. The molecule has 0 fully saturated rings. The molecule has 0 aliphatic carbocycles. The summed E-state index contributed by atoms with van der Waals surface area (Å²) in [6.45, 7) is 5.76. The predicted molar refractivity (Wildman–Crippen MR) is 81.0 cm³/mol. The van der Waals surface area contributed by atoms with Crippen LogP contribution in [0.15, 0.2) is 28.9 Å². The summed E-state index contributed by atoms with van der Waals surface area (Å²) in [4.78, 5) is 11.1. The molecular formula is C15H22N4O. The molecule has 2 aromatic rings. The third-order valence-electron chi connectivity index (χ3n) is 3.05. The number of nitrogens with zero attached hydrogens (tertiary/aromatic N) is 3. The third kappa shape index (κ3) is 3.98. The Labute approximate surface area is 120 Å². The van der Waals surface area contributed by atoms with Crippen molar-refractivity contribution in [3.63, 3.8) is 0 Å². The van der Waals surface area contributed by atoms with Crippen molar-refractivity contribution < 1.29 is 4.42 Å². The highest BCUT2D eigenvalue weighted by atomic mass is 16.3. The standard InChI is InChI=1S/C15H22N4O/c1-4-5-8-19(3)15-17-12(2)10-14(18-15)16-11-13-7-6-9-20-13/h6-7,9-10H,4-5,8,11H2,1-3H3,(H,16,17,18). The lowest BCUT2D eigenvalue weighted by molar-refractivity contribution is 0.518. The lowest BCUT2D eigenvalue weighted by atomic mass is 10.3. The zero-order valence-corrected chi connectivity index (χ0v) is 12.4. The summed E-state index contributed by atoms with van der Waals surface area (Å²) in [7, 11) is 2.03. The Bertz CT molecular complexity index is 525. The molecular weight excluding hydrogens is 252 g/mol. The van der Waals surface area contributed by atoms with Gasteiger partial charge in [0.25, 0.3) is 0 Å². The van der Waals surface area contributed by atoms with E-state index in [1.807, 2.05) is 32.2 Å². The van der Waals surface area contributed by atoms with E-state index in [9.17, 15) is 0 Å². The van der Waals surface area contributed by atoms with Crippen LogP contribution in [0.3, 0.4) is 0 Å². The molecule has 0 atom stereocenters. The number of nitrogens with one attached hydrogen (secondary N) is 1. The number of unbranched alkanes of at least 4 members (excludes halogenated alkanes) is 1. The molecule has 0 saturated heterocycles. The quantitative estimate of drug-likeness (QED) is 0.840. The van der Waals surface area contributed by atoms with Gasteiger partial charge >= 0.3 is 0 Å². The number of aryl methyl sites for hydroxylation is 1. The number of hydrogen-bond donors (Lipinski definition) is 1. The molecule has 0 aromatic carbocycles. The third-order valence-corrected chi connectivity index (χ3v) is 3.05. The number of furan rings is 1. The van der Waals surface area contributed by atoms with Crippen molar-refractivity contribution in [2.24, 2.45) is 0 Å². The van der Waals surface area contributed by atoms with Gasteiger partial charge in [0, 0.05) is 25.4 Å². The van der Waals surface area contributed by atoms with E-state index in [2.05, 4.69) is 27.1 Å². The van der Waals surface area contributed by atoms with Gasteiger partial charge in [-0.3, -0.25) is 0 Å². The first kappa shape index (κ1) is 14.4. The van der Waals surface area contributed by atoms with Crippen molar-refractivity contribution in [3.8, 4) is 0 Å². The molecule has 20 heavy (non-hydrogen) atoms. The van der Waals surface area contributed by atoms with Crippen LogP contribution in [0.2, 0.25) is 0 Å². The molecule has 2 heterocycles. The fraction of sp³-hybridized carbons (Fsp3) is 0.467. The van der Waals surface area contributed by atoms with Crippen molar-refractivity contribution in [1.29, 1.82) is 0 Å². The first-order chi connectivity index (χ1) is 9.69. The molecule has 0 unspecified atom stereocenters. The Kier molecular flexibility index (Phi) is 4.98. The highest BCUT2D eigenvalue weighted by Crippen LogP contribution is 2.14. The van der Waals surface area contributed by atoms with E-state index in [1.165, 1.54) is 6.42 Å². The van der Waals surface area contributed by atoms with Crippen molar-refractivity contribution >= 4 is 11.8 Å². The number of hydrogen-bond acceptors (Lipinski definition) is 5. The minimum Gasteiger partial charge on any atom is -0.467 e. The second-order valence-corrected chi connectivity index (χ2v) is 4.90. The molecule has 0 bridgehead atoms. The number of aromatic nitrogens is 2. The maximum Gasteiger partial charge on any atom is 0.227 e. The van der Waals surface area contributed by atoms with Crippen LogP contribution >= 0.6 is 0 Å². The molecule has 1 N–H and O–H groups in total. The SMILES string of the molecule is CCCCN(C)c1nc(C)cc(NCc2ccco2)n1. The van der Waals surface area contributed by atoms with Crippen LogP contribution in [0.5, 0.6) is 0 Å². The minimum absolute atomic E-state index is 0.627. The molecule has 2 aromatic heterocycles. The normalized spacial score (nSPS) is 10.6. The van der Waals surface area contributed by atoms with Gasteiger partial charge in [-0.2, -0.15) is 4.98 Å². The topological polar surface area (TPSA) is 54.2 Å². The second kappa shape index (κ2) is 6.93. The summed E-state index contributed by atoms with van der Waals surface area (Å²) < 4.78 is 5.30. The highest BCUT2D eigenvalue weighted by Gasteiger charge is 2.07. The average molecular weight is 274 g/mol. The summed E-state index contributed by atoms with van der Waals surface area (Å²) >= 11 is 0. The van der Waals surface area contributed by atoms with Gasteiger partial charge in [-0.05, 0) is 25.5 Å². The van der Waals surface area contributed by atoms with E-state index in [1.54, 1.807) is 6.26 Å². The Morgan fingerprint density at radius 1 is 1.35 bits per heavy atom. The van der Waals surface area contributed by atoms with Gasteiger partial charge in [0.2, 0.25) is 5.95 Å². The van der Waals surface area contributed by atoms with E-state index in [0.29, 0.717) is 6.54 Å². The first-order valence-electron chi connectivity index (χ1n) is 7.02. The summed E-state index contributed by atoms with van der Waals surface area (Å²) in [6.07, 6.45) is 3.98. The fourth-order valence-corrected chi connectivity index (χ4v) is 1.90. The summed E-state index contributed by atoms with van der Waals surface area (Å²) in [5.74, 6) is 2.48. The summed E-state index contributed by atoms with van der Waals surface area (Å²) in [5.41, 5.74) is 0.959. The number of anilines is 2. The largest absolute Gasteiger partial charge is 0.467 e. The zero-order chi connectivity index (χ0) is 14.4. The van der Waals surface area contributed by atoms with E-state index in [4.69, 9.17) is 4.42 Å². The molecule has 0 radical (unpaired) electrons. The molecule has 0 saturated carbocycles. The molecule has 0 aliphatic rings. The molecule has 0 amide bonds. The van der Waals surface area contributed by atoms with Crippen molar-refractivity contribution in [2.45, 2.75) is 33.2 Å². The lowest BCUT2D eigenvalue weighted by Crippen LogP contribution is -2.21. The van der Waals surface area contributed by atoms with Crippen molar-refractivity contribution in [2.75, 3.05) is 23.8 Å². The van der Waals surface area contributed by atoms with Crippen LogP contribution in [0.25, 0.3) is 0 Å². The molecule has 0 aliphatic heterocycles. The molecule has 108 valence electrons. The van der Waals surface area contributed by atoms with Gasteiger partial charge in [0.05, 0.1) is 12.8 Å². The van der Waals surface area contributed by atoms with Gasteiger partial charge in [0.15, 0.2) is 0 Å². The van der Waals surface area contributed by atoms with Crippen LogP contribution in [0, 0.1) is 6.92 Å². The Balaban J connectivity index is 2.03. The van der Waals surface area contributed by atoms with Crippen molar-refractivity contribution in [3.05, 3.63) is 35.9 Å². The molecule has 0 spiro atoms. The van der Waals surface area contributed by atoms with E-state index >= 15 is 0 Å². The summed E-state index contributed by atoms with van der Waals surface area (Å²) in [5, 5.41) is 3.27. The van der Waals surface area contributed by atoms with Crippen LogP contribution in [0.1, 0.15) is 31.2 Å². The summed E-state index contributed by atoms with van der Waals surface area (Å²) in [6, 6.07) is 5.77. The van der Waals surface area contributed by atoms with Gasteiger partial charge in [-0.15, -0.1) is 0 Å². The maximum absolute atomic E-state index is 5.30. The smallest absolute Gasteiger partial charge is 0.227 e. The lowest BCUT2D eigenvalue weighted by Gasteiger charge is -2.18. The maximum atomic E-state index is 5.30. The van der Waals surface area contributed by atoms with Gasteiger partial charge < -0.3 is 14.6 Å². The average Bonchev–Trinajstić information content (AvgIpc) is 2.95. The Hall–Kier alpha value is -2.04. The second-order valence-electron chi connectivity index (χ2n) is 4.90. The fourth-order valence-electron chi connectivity index (χ4n) is 1.90. The van der Waals surface area contributed by atoms with Crippen LogP contribution in [-0.4, -0.2) is 23.6 Å². The van der Waals surface area contributed by atoms with Crippen molar-refractivity contribution in [1.82, 2.24) is 9.97 Å². The van der Waals surface area contributed by atoms with Crippen LogP contribution in [-0.2, 0) is 6.54 Å². The predicted octanol–water partition coefficient (Wildman–Crippen LogP) is 3.23. The Morgan fingerprint density at radius 3 is 2.90 bits per heavy atom. The van der Waals surface area contributed by atoms with Gasteiger partial charge in [-0.25, -0.2) is 4.98 Å². The highest BCUT2D eigenvalue weighted by molar-refractivity contribution is 5.43. The molecule has 5 heteroatoms. The van der Waals surface area contributed by atoms with E-state index < -0.39 is 0 Å². The molecule has 2 rings (SSSR count). The minimum atomic E-state index is 0.627. The van der Waals surface area contributed by atoms with Crippen LogP contribution < -0.4 is 10.2 Å². The Morgan fingerprint density at radius 2 is 2.20 bits per heavy atom. The van der Waals surface area contributed by atoms with Crippen LogP contribution in [0.4, 0.5) is 11.8 Å². The zero-order valence-electron chi connectivity index (χ0n) is 12.4. The van der Waals surface area contributed by atoms with Gasteiger partial charge in [-0.1, -0.05) is 13.3 Å². The monoisotopic (exact) mass is 274 g/mol. The van der Waals surface area contributed by atoms with E-state index in [0.717, 1.165) is 36.2 Å².